The minimum atomic E-state index is -2.98. The van der Waals surface area contributed by atoms with Crippen molar-refractivity contribution in [3.8, 4) is 0 Å². The van der Waals surface area contributed by atoms with Crippen LogP contribution >= 0.6 is 0 Å². The van der Waals surface area contributed by atoms with E-state index in [2.05, 4.69) is 5.32 Å². The number of nitrogens with one attached hydrogen (secondary N) is 1. The Hall–Kier alpha value is -0.130. The fourth-order valence-corrected chi connectivity index (χ4v) is 3.44. The Bertz CT molecular complexity index is 284. The SMILES string of the molecule is O=S1(=O)C[C@@H](O)[C@H](NCC2CC2)C1. The first-order chi connectivity index (χ1) is 6.07. The summed E-state index contributed by atoms with van der Waals surface area (Å²) in [6, 6.07) is -0.231. The maximum absolute atomic E-state index is 11.1. The smallest absolute Gasteiger partial charge is 0.154 e. The Morgan fingerprint density at radius 3 is 2.46 bits per heavy atom. The summed E-state index contributed by atoms with van der Waals surface area (Å²) in [4.78, 5) is 0. The molecule has 0 bridgehead atoms. The lowest BCUT2D eigenvalue weighted by Crippen LogP contribution is -2.39. The van der Waals surface area contributed by atoms with Crippen LogP contribution in [0, 0.1) is 5.92 Å². The zero-order valence-electron chi connectivity index (χ0n) is 7.44. The summed E-state index contributed by atoms with van der Waals surface area (Å²) in [5.74, 6) is 0.742. The highest BCUT2D eigenvalue weighted by Crippen LogP contribution is 2.28. The zero-order valence-corrected chi connectivity index (χ0v) is 8.26. The van der Waals surface area contributed by atoms with Crippen LogP contribution in [0.3, 0.4) is 0 Å². The molecule has 0 aromatic rings. The van der Waals surface area contributed by atoms with Crippen LogP contribution in [0.5, 0.6) is 0 Å². The Labute approximate surface area is 78.3 Å². The van der Waals surface area contributed by atoms with E-state index in [9.17, 15) is 13.5 Å². The van der Waals surface area contributed by atoms with Crippen molar-refractivity contribution in [3.63, 3.8) is 0 Å². The quantitative estimate of drug-likeness (QED) is 0.629. The molecule has 0 aromatic carbocycles. The molecule has 13 heavy (non-hydrogen) atoms. The second kappa shape index (κ2) is 3.22. The molecule has 4 nitrogen and oxygen atoms in total. The van der Waals surface area contributed by atoms with Gasteiger partial charge >= 0.3 is 0 Å². The van der Waals surface area contributed by atoms with Gasteiger partial charge in [-0.05, 0) is 25.3 Å². The molecule has 1 saturated heterocycles. The second-order valence-corrected chi connectivity index (χ2v) is 6.26. The van der Waals surface area contributed by atoms with Crippen molar-refractivity contribution >= 4 is 9.84 Å². The van der Waals surface area contributed by atoms with Gasteiger partial charge in [0.15, 0.2) is 9.84 Å². The molecule has 1 saturated carbocycles. The Balaban J connectivity index is 1.85. The third kappa shape index (κ3) is 2.42. The molecular weight excluding hydrogens is 190 g/mol. The van der Waals surface area contributed by atoms with E-state index >= 15 is 0 Å². The van der Waals surface area contributed by atoms with E-state index in [0.717, 1.165) is 12.5 Å². The average Bonchev–Trinajstić information content (AvgIpc) is 2.75. The molecule has 1 aliphatic heterocycles. The molecule has 5 heteroatoms. The summed E-state index contributed by atoms with van der Waals surface area (Å²) in [6.07, 6.45) is 1.77. The van der Waals surface area contributed by atoms with E-state index in [1.807, 2.05) is 0 Å². The van der Waals surface area contributed by atoms with Gasteiger partial charge in [0.25, 0.3) is 0 Å². The van der Waals surface area contributed by atoms with Gasteiger partial charge < -0.3 is 10.4 Å². The number of aliphatic hydroxyl groups is 1. The molecule has 2 rings (SSSR count). The van der Waals surface area contributed by atoms with E-state index in [0.29, 0.717) is 0 Å². The van der Waals surface area contributed by atoms with Crippen LogP contribution in [0.25, 0.3) is 0 Å². The first kappa shape index (κ1) is 9.43. The number of hydrogen-bond acceptors (Lipinski definition) is 4. The molecule has 1 aliphatic carbocycles. The predicted octanol–water partition coefficient (Wildman–Crippen LogP) is -0.856. The van der Waals surface area contributed by atoms with Crippen LogP contribution in [0.4, 0.5) is 0 Å². The molecule has 2 N–H and O–H groups in total. The molecule has 2 aliphatic rings. The summed E-state index contributed by atoms with van der Waals surface area (Å²) in [7, 11) is -2.98. The van der Waals surface area contributed by atoms with E-state index in [1.165, 1.54) is 12.8 Å². The lowest BCUT2D eigenvalue weighted by Gasteiger charge is -2.13. The molecule has 0 aromatic heterocycles. The molecule has 0 spiro atoms. The normalized spacial score (nSPS) is 37.9. The third-order valence-corrected chi connectivity index (χ3v) is 4.40. The molecule has 0 unspecified atom stereocenters. The van der Waals surface area contributed by atoms with Crippen molar-refractivity contribution < 1.29 is 13.5 Å². The minimum absolute atomic E-state index is 0.0741. The van der Waals surface area contributed by atoms with E-state index in [-0.39, 0.29) is 17.5 Å². The van der Waals surface area contributed by atoms with Gasteiger partial charge in [0.05, 0.1) is 17.6 Å². The average molecular weight is 205 g/mol. The van der Waals surface area contributed by atoms with Crippen molar-refractivity contribution in [2.45, 2.75) is 25.0 Å². The zero-order chi connectivity index (χ0) is 9.47. The second-order valence-electron chi connectivity index (χ2n) is 4.10. The van der Waals surface area contributed by atoms with Crippen molar-refractivity contribution in [2.75, 3.05) is 18.1 Å². The number of aliphatic hydroxyl groups excluding tert-OH is 1. The maximum atomic E-state index is 11.1. The minimum Gasteiger partial charge on any atom is -0.390 e. The van der Waals surface area contributed by atoms with Crippen molar-refractivity contribution in [1.82, 2.24) is 5.32 Å². The lowest BCUT2D eigenvalue weighted by molar-refractivity contribution is 0.165. The largest absolute Gasteiger partial charge is 0.390 e. The molecule has 1 heterocycles. The number of hydrogen-bond donors (Lipinski definition) is 2. The van der Waals surface area contributed by atoms with Crippen LogP contribution in [0.15, 0.2) is 0 Å². The van der Waals surface area contributed by atoms with Crippen molar-refractivity contribution in [2.24, 2.45) is 5.92 Å². The van der Waals surface area contributed by atoms with Gasteiger partial charge in [-0.15, -0.1) is 0 Å². The highest BCUT2D eigenvalue weighted by atomic mass is 32.2. The molecular formula is C8H15NO3S. The Morgan fingerprint density at radius 2 is 2.00 bits per heavy atom. The summed E-state index contributed by atoms with van der Waals surface area (Å²) in [5.41, 5.74) is 0. The van der Waals surface area contributed by atoms with Crippen LogP contribution < -0.4 is 5.32 Å². The molecule has 76 valence electrons. The van der Waals surface area contributed by atoms with Gasteiger partial charge in [-0.25, -0.2) is 8.42 Å². The Kier molecular flexibility index (Phi) is 2.33. The first-order valence-electron chi connectivity index (χ1n) is 4.69. The fourth-order valence-electron chi connectivity index (χ4n) is 1.66. The van der Waals surface area contributed by atoms with Crippen LogP contribution in [-0.2, 0) is 9.84 Å². The van der Waals surface area contributed by atoms with E-state index < -0.39 is 15.9 Å². The van der Waals surface area contributed by atoms with Gasteiger partial charge in [-0.3, -0.25) is 0 Å². The monoisotopic (exact) mass is 205 g/mol. The van der Waals surface area contributed by atoms with Crippen LogP contribution in [-0.4, -0.2) is 43.7 Å². The molecule has 0 radical (unpaired) electrons. The van der Waals surface area contributed by atoms with E-state index in [4.69, 9.17) is 0 Å². The van der Waals surface area contributed by atoms with Crippen molar-refractivity contribution in [3.05, 3.63) is 0 Å². The van der Waals surface area contributed by atoms with Crippen LogP contribution in [0.1, 0.15) is 12.8 Å². The third-order valence-electron chi connectivity index (χ3n) is 2.69. The van der Waals surface area contributed by atoms with Crippen molar-refractivity contribution in [1.29, 1.82) is 0 Å². The summed E-state index contributed by atoms with van der Waals surface area (Å²) in [5, 5.41) is 12.5. The van der Waals surface area contributed by atoms with E-state index in [1.54, 1.807) is 0 Å². The van der Waals surface area contributed by atoms with Gasteiger partial charge in [0.1, 0.15) is 0 Å². The topological polar surface area (TPSA) is 66.4 Å². The summed E-state index contributed by atoms with van der Waals surface area (Å²) in [6.45, 7) is 0.858. The lowest BCUT2D eigenvalue weighted by atomic mass is 10.2. The van der Waals surface area contributed by atoms with Gasteiger partial charge in [0.2, 0.25) is 0 Å². The molecule has 2 atom stereocenters. The highest BCUT2D eigenvalue weighted by molar-refractivity contribution is 7.91. The number of sulfone groups is 1. The van der Waals surface area contributed by atoms with Gasteiger partial charge in [-0.2, -0.15) is 0 Å². The summed E-state index contributed by atoms with van der Waals surface area (Å²) >= 11 is 0. The van der Waals surface area contributed by atoms with Crippen LogP contribution in [0.2, 0.25) is 0 Å². The van der Waals surface area contributed by atoms with Gasteiger partial charge in [-0.1, -0.05) is 0 Å². The highest BCUT2D eigenvalue weighted by Gasteiger charge is 2.36. The molecule has 2 fully saturated rings. The van der Waals surface area contributed by atoms with Gasteiger partial charge in [0, 0.05) is 6.04 Å². The summed E-state index contributed by atoms with van der Waals surface area (Å²) < 4.78 is 22.2. The maximum Gasteiger partial charge on any atom is 0.154 e. The predicted molar refractivity (Wildman–Crippen MR) is 49.2 cm³/mol. The number of rotatable bonds is 3. The standard InChI is InChI=1S/C8H15NO3S/c10-8-5-13(11,12)4-7(8)9-3-6-1-2-6/h6-10H,1-5H2/t7-,8-/m1/s1. The molecule has 0 amide bonds. The first-order valence-corrected chi connectivity index (χ1v) is 6.51. The Morgan fingerprint density at radius 1 is 1.31 bits per heavy atom. The fraction of sp³-hybridized carbons (Fsp3) is 1.00.